The van der Waals surface area contributed by atoms with Crippen molar-refractivity contribution in [1.82, 2.24) is 20.6 Å². The van der Waals surface area contributed by atoms with Crippen LogP contribution in [0.3, 0.4) is 0 Å². The minimum absolute atomic E-state index is 0.114. The topological polar surface area (TPSA) is 116 Å². The van der Waals surface area contributed by atoms with Crippen molar-refractivity contribution < 1.29 is 19.8 Å². The largest absolute Gasteiger partial charge is 0.507 e. The number of rotatable bonds is 3. The molecule has 9 heteroatoms. The van der Waals surface area contributed by atoms with Crippen molar-refractivity contribution in [1.29, 1.82) is 0 Å². The van der Waals surface area contributed by atoms with Gasteiger partial charge in [-0.05, 0) is 30.3 Å². The maximum Gasteiger partial charge on any atom is 0.294 e. The van der Waals surface area contributed by atoms with Crippen molar-refractivity contribution in [3.05, 3.63) is 71.0 Å². The Labute approximate surface area is 152 Å². The van der Waals surface area contributed by atoms with Crippen LogP contribution < -0.4 is 10.9 Å². The fourth-order valence-electron chi connectivity index (χ4n) is 2.17. The molecule has 1 aromatic heterocycles. The summed E-state index contributed by atoms with van der Waals surface area (Å²) in [4.78, 5) is 24.2. The van der Waals surface area contributed by atoms with Crippen LogP contribution in [0.2, 0.25) is 5.02 Å². The number of carbonyl (C=O) groups excluding carboxylic acids is 2. The number of phenols is 1. The second-order valence-electron chi connectivity index (χ2n) is 5.21. The van der Waals surface area contributed by atoms with Gasteiger partial charge in [0.05, 0.1) is 17.4 Å². The molecule has 132 valence electrons. The lowest BCUT2D eigenvalue weighted by Gasteiger charge is -2.08. The maximum atomic E-state index is 12.1. The van der Waals surface area contributed by atoms with E-state index in [0.717, 1.165) is 0 Å². The van der Waals surface area contributed by atoms with Gasteiger partial charge in [-0.2, -0.15) is 5.10 Å². The molecule has 2 aromatic carbocycles. The standard InChI is InChI=1S/C17H13ClN4O4/c18-10-6-7-13(23)12(8-10)16(25)19-20-17(26)15-14(24)9-22(21-15)11-4-2-1-3-5-11/h1-9,23-24H,(H,19,25)(H,20,26). The molecule has 0 saturated carbocycles. The lowest BCUT2D eigenvalue weighted by molar-refractivity contribution is 0.0840. The van der Waals surface area contributed by atoms with Gasteiger partial charge in [0.1, 0.15) is 5.75 Å². The molecule has 0 unspecified atom stereocenters. The van der Waals surface area contributed by atoms with E-state index in [9.17, 15) is 19.8 Å². The first kappa shape index (κ1) is 17.3. The van der Waals surface area contributed by atoms with E-state index in [1.165, 1.54) is 29.1 Å². The minimum atomic E-state index is -0.827. The summed E-state index contributed by atoms with van der Waals surface area (Å²) in [5.41, 5.74) is 4.51. The third kappa shape index (κ3) is 3.60. The predicted octanol–water partition coefficient (Wildman–Crippen LogP) is 2.01. The van der Waals surface area contributed by atoms with Crippen LogP contribution in [0.5, 0.6) is 11.5 Å². The number of hydrogen-bond acceptors (Lipinski definition) is 5. The summed E-state index contributed by atoms with van der Waals surface area (Å²) in [5.74, 6) is -2.25. The van der Waals surface area contributed by atoms with E-state index < -0.39 is 11.8 Å². The SMILES string of the molecule is O=C(NNC(=O)c1nn(-c2ccccc2)cc1O)c1cc(Cl)ccc1O. The fourth-order valence-corrected chi connectivity index (χ4v) is 2.34. The van der Waals surface area contributed by atoms with Crippen molar-refractivity contribution in [2.45, 2.75) is 0 Å². The second kappa shape index (κ2) is 7.16. The number of para-hydroxylation sites is 1. The number of nitrogens with one attached hydrogen (secondary N) is 2. The van der Waals surface area contributed by atoms with E-state index in [2.05, 4.69) is 16.0 Å². The number of phenolic OH excluding ortho intramolecular Hbond substituents is 1. The number of halogens is 1. The van der Waals surface area contributed by atoms with Crippen LogP contribution in [0.1, 0.15) is 20.8 Å². The van der Waals surface area contributed by atoms with E-state index in [1.807, 2.05) is 6.07 Å². The van der Waals surface area contributed by atoms with Crippen LogP contribution in [0.4, 0.5) is 0 Å². The highest BCUT2D eigenvalue weighted by Gasteiger charge is 2.19. The first-order valence-corrected chi connectivity index (χ1v) is 7.77. The van der Waals surface area contributed by atoms with E-state index >= 15 is 0 Å². The monoisotopic (exact) mass is 372 g/mol. The van der Waals surface area contributed by atoms with E-state index in [4.69, 9.17) is 11.6 Å². The molecule has 0 spiro atoms. The van der Waals surface area contributed by atoms with Crippen molar-refractivity contribution in [2.75, 3.05) is 0 Å². The number of carbonyl (C=O) groups is 2. The van der Waals surface area contributed by atoms with Gasteiger partial charge in [0, 0.05) is 5.02 Å². The van der Waals surface area contributed by atoms with E-state index in [0.29, 0.717) is 5.69 Å². The molecule has 0 aliphatic heterocycles. The molecule has 0 atom stereocenters. The smallest absolute Gasteiger partial charge is 0.294 e. The van der Waals surface area contributed by atoms with Crippen LogP contribution in [0, 0.1) is 0 Å². The molecule has 0 bridgehead atoms. The highest BCUT2D eigenvalue weighted by atomic mass is 35.5. The Morgan fingerprint density at radius 2 is 1.65 bits per heavy atom. The average Bonchev–Trinajstić information content (AvgIpc) is 3.04. The quantitative estimate of drug-likeness (QED) is 0.525. The van der Waals surface area contributed by atoms with Crippen molar-refractivity contribution >= 4 is 23.4 Å². The minimum Gasteiger partial charge on any atom is -0.507 e. The maximum absolute atomic E-state index is 12.1. The first-order valence-electron chi connectivity index (χ1n) is 7.39. The zero-order valence-electron chi connectivity index (χ0n) is 13.2. The average molecular weight is 373 g/mol. The molecular formula is C17H13ClN4O4. The predicted molar refractivity (Wildman–Crippen MR) is 93.3 cm³/mol. The van der Waals surface area contributed by atoms with Gasteiger partial charge in [-0.3, -0.25) is 20.4 Å². The zero-order valence-corrected chi connectivity index (χ0v) is 13.9. The van der Waals surface area contributed by atoms with Gasteiger partial charge in [-0.25, -0.2) is 4.68 Å². The summed E-state index contributed by atoms with van der Waals surface area (Å²) in [6.45, 7) is 0. The number of hydrogen-bond donors (Lipinski definition) is 4. The van der Waals surface area contributed by atoms with Crippen LogP contribution in [0.15, 0.2) is 54.7 Å². The molecule has 0 fully saturated rings. The number of benzene rings is 2. The van der Waals surface area contributed by atoms with E-state index in [1.54, 1.807) is 24.3 Å². The van der Waals surface area contributed by atoms with Crippen molar-refractivity contribution in [3.63, 3.8) is 0 Å². The number of nitrogens with zero attached hydrogens (tertiary/aromatic N) is 2. The number of aromatic hydroxyl groups is 2. The Kier molecular flexibility index (Phi) is 4.76. The van der Waals surface area contributed by atoms with Gasteiger partial charge in [-0.15, -0.1) is 0 Å². The molecule has 4 N–H and O–H groups in total. The summed E-state index contributed by atoms with van der Waals surface area (Å²) in [6.07, 6.45) is 1.27. The van der Waals surface area contributed by atoms with Gasteiger partial charge >= 0.3 is 0 Å². The Bertz CT molecular complexity index is 972. The third-order valence-electron chi connectivity index (χ3n) is 3.42. The summed E-state index contributed by atoms with van der Waals surface area (Å²) in [5, 5.41) is 23.8. The van der Waals surface area contributed by atoms with Gasteiger partial charge in [0.25, 0.3) is 11.8 Å². The van der Waals surface area contributed by atoms with Crippen molar-refractivity contribution in [3.8, 4) is 17.2 Å². The summed E-state index contributed by atoms with van der Waals surface area (Å²) in [6, 6.07) is 12.8. The number of hydrazine groups is 1. The molecule has 1 heterocycles. The number of amides is 2. The molecule has 8 nitrogen and oxygen atoms in total. The summed E-state index contributed by atoms with van der Waals surface area (Å²) >= 11 is 5.78. The summed E-state index contributed by atoms with van der Waals surface area (Å²) < 4.78 is 1.33. The Morgan fingerprint density at radius 1 is 0.962 bits per heavy atom. The molecule has 0 radical (unpaired) electrons. The second-order valence-corrected chi connectivity index (χ2v) is 5.65. The van der Waals surface area contributed by atoms with Crippen LogP contribution in [-0.4, -0.2) is 31.8 Å². The fraction of sp³-hybridized carbons (Fsp3) is 0. The Balaban J connectivity index is 1.72. The van der Waals surface area contributed by atoms with Gasteiger partial charge in [0.2, 0.25) is 0 Å². The Morgan fingerprint density at radius 3 is 2.38 bits per heavy atom. The molecular weight excluding hydrogens is 360 g/mol. The normalized spacial score (nSPS) is 10.3. The molecule has 2 amide bonds. The lowest BCUT2D eigenvalue weighted by atomic mass is 10.2. The van der Waals surface area contributed by atoms with Crippen molar-refractivity contribution in [2.24, 2.45) is 0 Å². The molecule has 3 rings (SSSR count). The third-order valence-corrected chi connectivity index (χ3v) is 3.66. The van der Waals surface area contributed by atoms with Gasteiger partial charge in [-0.1, -0.05) is 29.8 Å². The van der Waals surface area contributed by atoms with E-state index in [-0.39, 0.29) is 27.8 Å². The highest BCUT2D eigenvalue weighted by Crippen LogP contribution is 2.21. The molecule has 0 saturated heterocycles. The molecule has 3 aromatic rings. The first-order chi connectivity index (χ1) is 12.5. The summed E-state index contributed by atoms with van der Waals surface area (Å²) in [7, 11) is 0. The zero-order chi connectivity index (χ0) is 18.7. The highest BCUT2D eigenvalue weighted by molar-refractivity contribution is 6.31. The van der Waals surface area contributed by atoms with Crippen LogP contribution >= 0.6 is 11.6 Å². The molecule has 0 aliphatic carbocycles. The number of aromatic nitrogens is 2. The lowest BCUT2D eigenvalue weighted by Crippen LogP contribution is -2.41. The van der Waals surface area contributed by atoms with Crippen LogP contribution in [0.25, 0.3) is 5.69 Å². The van der Waals surface area contributed by atoms with Gasteiger partial charge in [0.15, 0.2) is 11.4 Å². The molecule has 0 aliphatic rings. The Hall–Kier alpha value is -3.52. The molecule has 26 heavy (non-hydrogen) atoms. The van der Waals surface area contributed by atoms with Gasteiger partial charge < -0.3 is 10.2 Å². The van der Waals surface area contributed by atoms with Crippen LogP contribution in [-0.2, 0) is 0 Å².